The predicted octanol–water partition coefficient (Wildman–Crippen LogP) is 3.93. The smallest absolute Gasteiger partial charge is 0.206 e. The molecule has 20 heavy (non-hydrogen) atoms. The van der Waals surface area contributed by atoms with Gasteiger partial charge in [0.25, 0.3) is 0 Å². The van der Waals surface area contributed by atoms with E-state index in [-0.39, 0.29) is 20.6 Å². The minimum Gasteiger partial charge on any atom is -0.206 e. The number of aromatic nitrogens is 4. The highest BCUT2D eigenvalue weighted by molar-refractivity contribution is 7.19. The van der Waals surface area contributed by atoms with Crippen LogP contribution in [0, 0.1) is 5.82 Å². The van der Waals surface area contributed by atoms with E-state index >= 15 is 0 Å². The normalized spacial score (nSPS) is 12.2. The Bertz CT molecular complexity index is 775. The molecular formula is C10H3Cl2F3N4S. The van der Waals surface area contributed by atoms with Crippen molar-refractivity contribution in [2.45, 2.75) is 5.38 Å². The Morgan fingerprint density at radius 1 is 1.25 bits per heavy atom. The lowest BCUT2D eigenvalue weighted by atomic mass is 10.2. The van der Waals surface area contributed by atoms with Crippen molar-refractivity contribution in [3.05, 3.63) is 34.9 Å². The standard InChI is InChI=1S/C10H3Cl2F3N4S/c11-4-2-1-3-5(13)6(4)7-18-19-8(10(12,14)15)16-17-9(19)20-7/h1-3H. The van der Waals surface area contributed by atoms with Gasteiger partial charge in [-0.3, -0.25) is 0 Å². The Hall–Kier alpha value is -1.38. The van der Waals surface area contributed by atoms with Crippen LogP contribution in [0.15, 0.2) is 18.2 Å². The molecule has 0 saturated heterocycles. The van der Waals surface area contributed by atoms with Gasteiger partial charge < -0.3 is 0 Å². The molecule has 10 heteroatoms. The molecule has 3 rings (SSSR count). The molecule has 0 aliphatic carbocycles. The van der Waals surface area contributed by atoms with Crippen molar-refractivity contribution in [3.8, 4) is 10.6 Å². The first-order valence-electron chi connectivity index (χ1n) is 5.12. The first-order valence-corrected chi connectivity index (χ1v) is 6.69. The Kier molecular flexibility index (Phi) is 3.11. The van der Waals surface area contributed by atoms with E-state index in [0.717, 1.165) is 15.9 Å². The molecule has 2 heterocycles. The van der Waals surface area contributed by atoms with Gasteiger partial charge in [0.2, 0.25) is 10.8 Å². The van der Waals surface area contributed by atoms with Gasteiger partial charge in [0.1, 0.15) is 5.82 Å². The van der Waals surface area contributed by atoms with Crippen LogP contribution in [-0.2, 0) is 5.38 Å². The maximum atomic E-state index is 13.8. The number of hydrogen-bond acceptors (Lipinski definition) is 4. The minimum atomic E-state index is -3.72. The highest BCUT2D eigenvalue weighted by Gasteiger charge is 2.36. The van der Waals surface area contributed by atoms with Crippen molar-refractivity contribution >= 4 is 39.5 Å². The second kappa shape index (κ2) is 4.57. The number of rotatable bonds is 2. The summed E-state index contributed by atoms with van der Waals surface area (Å²) in [5, 5.41) is 7.15. The zero-order valence-electron chi connectivity index (χ0n) is 9.32. The molecule has 0 atom stereocenters. The summed E-state index contributed by atoms with van der Waals surface area (Å²) < 4.78 is 40.7. The van der Waals surface area contributed by atoms with Crippen LogP contribution in [-0.4, -0.2) is 19.8 Å². The summed E-state index contributed by atoms with van der Waals surface area (Å²) in [6.07, 6.45) is 0. The molecule has 104 valence electrons. The molecule has 0 aliphatic rings. The number of benzene rings is 1. The first-order chi connectivity index (χ1) is 9.38. The molecule has 0 aliphatic heterocycles. The first kappa shape index (κ1) is 13.6. The molecular weight excluding hydrogens is 336 g/mol. The summed E-state index contributed by atoms with van der Waals surface area (Å²) in [7, 11) is 0. The summed E-state index contributed by atoms with van der Waals surface area (Å²) in [5.41, 5.74) is 0.0218. The third-order valence-corrected chi connectivity index (χ3v) is 3.82. The average molecular weight is 339 g/mol. The van der Waals surface area contributed by atoms with E-state index in [1.807, 2.05) is 0 Å². The van der Waals surface area contributed by atoms with Gasteiger partial charge >= 0.3 is 5.38 Å². The van der Waals surface area contributed by atoms with Gasteiger partial charge in [-0.05, 0) is 23.7 Å². The van der Waals surface area contributed by atoms with E-state index in [0.29, 0.717) is 0 Å². The fourth-order valence-electron chi connectivity index (χ4n) is 1.60. The Morgan fingerprint density at radius 3 is 2.65 bits per heavy atom. The lowest BCUT2D eigenvalue weighted by Gasteiger charge is -2.03. The molecule has 3 aromatic rings. The van der Waals surface area contributed by atoms with Crippen molar-refractivity contribution in [3.63, 3.8) is 0 Å². The molecule has 1 aromatic carbocycles. The summed E-state index contributed by atoms with van der Waals surface area (Å²) in [6.45, 7) is 0. The van der Waals surface area contributed by atoms with Gasteiger partial charge in [0.05, 0.1) is 10.6 Å². The van der Waals surface area contributed by atoms with Crippen LogP contribution in [0.2, 0.25) is 5.02 Å². The van der Waals surface area contributed by atoms with Gasteiger partial charge in [-0.2, -0.15) is 18.4 Å². The van der Waals surface area contributed by atoms with Crippen molar-refractivity contribution in [1.82, 2.24) is 19.8 Å². The molecule has 0 unspecified atom stereocenters. The summed E-state index contributed by atoms with van der Waals surface area (Å²) in [6, 6.07) is 4.10. The molecule has 0 amide bonds. The van der Waals surface area contributed by atoms with Gasteiger partial charge in [0, 0.05) is 0 Å². The van der Waals surface area contributed by atoms with Gasteiger partial charge in [-0.1, -0.05) is 29.0 Å². The predicted molar refractivity (Wildman–Crippen MR) is 68.8 cm³/mol. The minimum absolute atomic E-state index is 0.0218. The van der Waals surface area contributed by atoms with E-state index in [2.05, 4.69) is 15.3 Å². The highest BCUT2D eigenvalue weighted by atomic mass is 35.5. The molecule has 0 saturated carbocycles. The Morgan fingerprint density at radius 2 is 2.00 bits per heavy atom. The van der Waals surface area contributed by atoms with Crippen LogP contribution in [0.5, 0.6) is 0 Å². The summed E-state index contributed by atoms with van der Waals surface area (Å²) >= 11 is 11.7. The highest BCUT2D eigenvalue weighted by Crippen LogP contribution is 2.36. The third-order valence-electron chi connectivity index (χ3n) is 2.42. The molecule has 0 fully saturated rings. The Labute approximate surface area is 123 Å². The third kappa shape index (κ3) is 2.13. The van der Waals surface area contributed by atoms with Crippen LogP contribution >= 0.6 is 34.5 Å². The number of halogens is 5. The van der Waals surface area contributed by atoms with Crippen molar-refractivity contribution in [2.75, 3.05) is 0 Å². The monoisotopic (exact) mass is 338 g/mol. The van der Waals surface area contributed by atoms with Gasteiger partial charge in [0.15, 0.2) is 5.01 Å². The molecule has 0 radical (unpaired) electrons. The summed E-state index contributed by atoms with van der Waals surface area (Å²) in [4.78, 5) is 0.0645. The van der Waals surface area contributed by atoms with Crippen LogP contribution in [0.25, 0.3) is 15.5 Å². The molecule has 0 bridgehead atoms. The van der Waals surface area contributed by atoms with E-state index in [9.17, 15) is 13.2 Å². The maximum absolute atomic E-state index is 13.8. The number of nitrogens with zero attached hydrogens (tertiary/aromatic N) is 4. The van der Waals surface area contributed by atoms with E-state index < -0.39 is 17.0 Å². The zero-order chi connectivity index (χ0) is 14.5. The fraction of sp³-hybridized carbons (Fsp3) is 0.100. The number of hydrogen-bond donors (Lipinski definition) is 0. The SMILES string of the molecule is Fc1cccc(Cl)c1-c1nn2c(C(F)(F)Cl)nnc2s1. The maximum Gasteiger partial charge on any atom is 0.383 e. The second-order valence-electron chi connectivity index (χ2n) is 3.72. The van der Waals surface area contributed by atoms with Gasteiger partial charge in [-0.25, -0.2) is 4.39 Å². The lowest BCUT2D eigenvalue weighted by molar-refractivity contribution is 0.0821. The van der Waals surface area contributed by atoms with E-state index in [1.165, 1.54) is 18.2 Å². The molecule has 2 aromatic heterocycles. The van der Waals surface area contributed by atoms with Crippen molar-refractivity contribution in [1.29, 1.82) is 0 Å². The van der Waals surface area contributed by atoms with Crippen LogP contribution in [0.4, 0.5) is 13.2 Å². The molecule has 0 spiro atoms. The largest absolute Gasteiger partial charge is 0.383 e. The van der Waals surface area contributed by atoms with Crippen molar-refractivity contribution in [2.24, 2.45) is 0 Å². The lowest BCUT2D eigenvalue weighted by Crippen LogP contribution is -2.10. The average Bonchev–Trinajstić information content (AvgIpc) is 2.86. The van der Waals surface area contributed by atoms with Crippen LogP contribution < -0.4 is 0 Å². The van der Waals surface area contributed by atoms with E-state index in [4.69, 9.17) is 23.2 Å². The van der Waals surface area contributed by atoms with Gasteiger partial charge in [-0.15, -0.1) is 10.2 Å². The zero-order valence-corrected chi connectivity index (χ0v) is 11.6. The van der Waals surface area contributed by atoms with Crippen LogP contribution in [0.1, 0.15) is 5.82 Å². The van der Waals surface area contributed by atoms with Crippen molar-refractivity contribution < 1.29 is 13.2 Å². The second-order valence-corrected chi connectivity index (χ2v) is 5.56. The topological polar surface area (TPSA) is 43.1 Å². The number of fused-ring (bicyclic) bond motifs is 1. The quantitative estimate of drug-likeness (QED) is 0.665. The molecule has 0 N–H and O–H groups in total. The summed E-state index contributed by atoms with van der Waals surface area (Å²) in [5.74, 6) is -1.44. The fourth-order valence-corrected chi connectivity index (χ4v) is 2.92. The Balaban J connectivity index is 2.22. The van der Waals surface area contributed by atoms with E-state index in [1.54, 1.807) is 0 Å². The number of alkyl halides is 3. The van der Waals surface area contributed by atoms with Crippen LogP contribution in [0.3, 0.4) is 0 Å². The molecule has 4 nitrogen and oxygen atoms in total.